The summed E-state index contributed by atoms with van der Waals surface area (Å²) in [5, 5.41) is 0. The van der Waals surface area contributed by atoms with Crippen molar-refractivity contribution in [2.75, 3.05) is 0 Å². The molecule has 0 saturated heterocycles. The molecule has 0 aliphatic carbocycles. The van der Waals surface area contributed by atoms with Crippen molar-refractivity contribution >= 4 is 49.1 Å². The van der Waals surface area contributed by atoms with Gasteiger partial charge in [0.05, 0.1) is 0 Å². The van der Waals surface area contributed by atoms with Gasteiger partial charge in [-0.05, 0) is 26.0 Å². The molecule has 0 bridgehead atoms. The second-order valence-corrected chi connectivity index (χ2v) is 3.15. The number of aryl methyl sites for hydroxylation is 2. The monoisotopic (exact) mass is 128 g/mol. The molecule has 1 aromatic heterocycles. The van der Waals surface area contributed by atoms with Crippen LogP contribution in [0.25, 0.3) is 0 Å². The molecular weight excluding hydrogens is 118 g/mol. The maximum absolute atomic E-state index is 2.14. The van der Waals surface area contributed by atoms with Crippen molar-refractivity contribution in [1.29, 1.82) is 0 Å². The Hall–Kier alpha value is 0.895. The van der Waals surface area contributed by atoms with Gasteiger partial charge in [-0.1, -0.05) is 0 Å². The second kappa shape index (κ2) is 5.66. The Bertz CT molecular complexity index is 143. The van der Waals surface area contributed by atoms with E-state index >= 15 is 0 Å². The van der Waals surface area contributed by atoms with Crippen molar-refractivity contribution in [1.82, 2.24) is 0 Å². The van der Waals surface area contributed by atoms with E-state index in [-0.39, 0.29) is 37.7 Å². The number of hydrogen-bond donors (Lipinski definition) is 0. The molecule has 1 heterocycles. The third kappa shape index (κ3) is 4.32. The van der Waals surface area contributed by atoms with Gasteiger partial charge in [0.2, 0.25) is 0 Å². The number of hydrogen-bond acceptors (Lipinski definition) is 1. The molecule has 0 radical (unpaired) electrons. The molecule has 1 rings (SSSR count). The predicted molar refractivity (Wildman–Crippen MR) is 48.1 cm³/mol. The first-order valence-electron chi connectivity index (χ1n) is 2.32. The van der Waals surface area contributed by atoms with Crippen LogP contribution in [0.2, 0.25) is 0 Å². The molecule has 0 unspecified atom stereocenters. The summed E-state index contributed by atoms with van der Waals surface area (Å²) in [6, 6.07) is 4.28. The molecule has 0 fully saturated rings. The Labute approximate surface area is 84.4 Å². The van der Waals surface area contributed by atoms with Gasteiger partial charge in [-0.25, -0.2) is 0 Å². The van der Waals surface area contributed by atoms with Crippen LogP contribution < -0.4 is 0 Å². The van der Waals surface area contributed by atoms with Crippen LogP contribution in [-0.4, -0.2) is 37.7 Å². The van der Waals surface area contributed by atoms with E-state index in [1.54, 1.807) is 0 Å². The molecule has 42 valence electrons. The summed E-state index contributed by atoms with van der Waals surface area (Å²) in [6.07, 6.45) is 0. The zero-order valence-electron chi connectivity index (χ0n) is 4.56. The fourth-order valence-electron chi connectivity index (χ4n) is 0.557. The first-order valence-corrected chi connectivity index (χ1v) is 3.14. The molecule has 0 nitrogen and oxygen atoms in total. The van der Waals surface area contributed by atoms with Gasteiger partial charge in [0, 0.05) is 9.75 Å². The minimum atomic E-state index is 0. The van der Waals surface area contributed by atoms with E-state index in [0.29, 0.717) is 0 Å². The van der Waals surface area contributed by atoms with Crippen LogP contribution in [0, 0.1) is 13.8 Å². The summed E-state index contributed by atoms with van der Waals surface area (Å²) in [7, 11) is 0. The van der Waals surface area contributed by atoms with E-state index in [1.165, 1.54) is 9.75 Å². The first kappa shape index (κ1) is 12.6. The summed E-state index contributed by atoms with van der Waals surface area (Å²) in [6.45, 7) is 4.25. The average Bonchev–Trinajstić information content (AvgIpc) is 1.87. The fraction of sp³-hybridized carbons (Fsp3) is 0.333. The average molecular weight is 128 g/mol. The summed E-state index contributed by atoms with van der Waals surface area (Å²) in [5.74, 6) is 0. The zero-order valence-corrected chi connectivity index (χ0v) is 5.38. The Morgan fingerprint density at radius 3 is 1.44 bits per heavy atom. The van der Waals surface area contributed by atoms with Crippen molar-refractivity contribution in [2.24, 2.45) is 0 Å². The van der Waals surface area contributed by atoms with Crippen molar-refractivity contribution in [3.05, 3.63) is 21.9 Å². The summed E-state index contributed by atoms with van der Waals surface area (Å²) in [5.41, 5.74) is 0. The van der Waals surface area contributed by atoms with Crippen molar-refractivity contribution < 1.29 is 0 Å². The summed E-state index contributed by atoms with van der Waals surface area (Å²) >= 11 is 1.84. The van der Waals surface area contributed by atoms with Gasteiger partial charge in [0.25, 0.3) is 0 Å². The van der Waals surface area contributed by atoms with Crippen molar-refractivity contribution in [2.45, 2.75) is 13.8 Å². The van der Waals surface area contributed by atoms with E-state index in [9.17, 15) is 0 Å². The van der Waals surface area contributed by atoms with Gasteiger partial charge in [0.1, 0.15) is 0 Å². The Kier molecular flexibility index (Phi) is 7.90. The third-order valence-corrected chi connectivity index (χ3v) is 1.79. The number of thiophene rings is 1. The van der Waals surface area contributed by atoms with E-state index in [4.69, 9.17) is 0 Å². The molecule has 0 saturated carbocycles. The van der Waals surface area contributed by atoms with Crippen LogP contribution in [0.4, 0.5) is 0 Å². The van der Waals surface area contributed by atoms with Crippen molar-refractivity contribution in [3.8, 4) is 0 Å². The van der Waals surface area contributed by atoms with Crippen molar-refractivity contribution in [3.63, 3.8) is 0 Å². The molecular formula is C6H10Li2S. The van der Waals surface area contributed by atoms with Crippen LogP contribution in [-0.2, 0) is 0 Å². The normalized spacial score (nSPS) is 7.33. The number of rotatable bonds is 0. The molecule has 0 spiro atoms. The van der Waals surface area contributed by atoms with E-state index in [0.717, 1.165) is 0 Å². The van der Waals surface area contributed by atoms with Gasteiger partial charge >= 0.3 is 37.7 Å². The van der Waals surface area contributed by atoms with Gasteiger partial charge in [-0.3, -0.25) is 0 Å². The van der Waals surface area contributed by atoms with Crippen LogP contribution in [0.3, 0.4) is 0 Å². The Morgan fingerprint density at radius 1 is 1.00 bits per heavy atom. The first-order chi connectivity index (χ1) is 3.29. The van der Waals surface area contributed by atoms with Gasteiger partial charge < -0.3 is 0 Å². The van der Waals surface area contributed by atoms with Gasteiger partial charge in [-0.2, -0.15) is 0 Å². The quantitative estimate of drug-likeness (QED) is 0.458. The molecule has 1 aromatic rings. The van der Waals surface area contributed by atoms with Gasteiger partial charge in [-0.15, -0.1) is 11.3 Å². The molecule has 0 aliphatic heterocycles. The van der Waals surface area contributed by atoms with Crippen LogP contribution in [0.1, 0.15) is 9.75 Å². The molecule has 0 atom stereocenters. The SMILES string of the molecule is Cc1ccc(C)s1.[LiH].[LiH]. The second-order valence-electron chi connectivity index (χ2n) is 1.66. The predicted octanol–water partition coefficient (Wildman–Crippen LogP) is 1.07. The standard InChI is InChI=1S/C6H8S.2Li.2H/c1-5-3-4-6(2)7-5;;;;/h3-4H,1-2H3;;;;. The Morgan fingerprint density at radius 2 is 1.33 bits per heavy atom. The molecule has 0 aliphatic rings. The molecule has 0 N–H and O–H groups in total. The van der Waals surface area contributed by atoms with E-state index in [1.807, 2.05) is 11.3 Å². The Balaban J connectivity index is 0. The van der Waals surface area contributed by atoms with Gasteiger partial charge in [0.15, 0.2) is 0 Å². The fourth-order valence-corrected chi connectivity index (χ4v) is 1.34. The minimum absolute atomic E-state index is 0. The summed E-state index contributed by atoms with van der Waals surface area (Å²) < 4.78 is 0. The third-order valence-electron chi connectivity index (χ3n) is 0.875. The molecule has 0 amide bonds. The molecule has 0 aromatic carbocycles. The topological polar surface area (TPSA) is 0 Å². The van der Waals surface area contributed by atoms with E-state index < -0.39 is 0 Å². The molecule has 3 heteroatoms. The summed E-state index contributed by atoms with van der Waals surface area (Å²) in [4.78, 5) is 2.80. The maximum atomic E-state index is 2.14. The van der Waals surface area contributed by atoms with E-state index in [2.05, 4.69) is 26.0 Å². The zero-order chi connectivity index (χ0) is 5.28. The van der Waals surface area contributed by atoms with Crippen LogP contribution in [0.15, 0.2) is 12.1 Å². The molecule has 9 heavy (non-hydrogen) atoms. The van der Waals surface area contributed by atoms with Crippen LogP contribution in [0.5, 0.6) is 0 Å². The van der Waals surface area contributed by atoms with Crippen LogP contribution >= 0.6 is 11.3 Å².